The van der Waals surface area contributed by atoms with Gasteiger partial charge in [-0.25, -0.2) is 0 Å². The van der Waals surface area contributed by atoms with Crippen molar-refractivity contribution in [1.29, 1.82) is 0 Å². The van der Waals surface area contributed by atoms with Crippen LogP contribution in [0, 0.1) is 0 Å². The predicted octanol–water partition coefficient (Wildman–Crippen LogP) is 2.39. The van der Waals surface area contributed by atoms with Crippen LogP contribution in [0.3, 0.4) is 0 Å². The molecule has 0 atom stereocenters. The van der Waals surface area contributed by atoms with Gasteiger partial charge in [0.1, 0.15) is 18.8 Å². The number of para-hydroxylation sites is 1. The van der Waals surface area contributed by atoms with Crippen LogP contribution in [-0.2, 0) is 11.2 Å². The lowest BCUT2D eigenvalue weighted by atomic mass is 10.3. The molecule has 0 aliphatic rings. The topological polar surface area (TPSA) is 39.9 Å². The highest BCUT2D eigenvalue weighted by Crippen LogP contribution is 2.15. The molecule has 102 valence electrons. The van der Waals surface area contributed by atoms with E-state index in [1.165, 1.54) is 6.33 Å². The molecule has 2 rings (SSSR count). The highest BCUT2D eigenvalue weighted by atomic mass is 19.4. The number of benzene rings is 1. The third kappa shape index (κ3) is 4.06. The molecule has 0 unspecified atom stereocenters. The van der Waals surface area contributed by atoms with Gasteiger partial charge in [0.05, 0.1) is 6.61 Å². The van der Waals surface area contributed by atoms with Crippen molar-refractivity contribution in [2.45, 2.75) is 12.6 Å². The second-order valence-corrected chi connectivity index (χ2v) is 3.87. The van der Waals surface area contributed by atoms with Crippen LogP contribution in [0.5, 0.6) is 0 Å². The molecule has 19 heavy (non-hydrogen) atoms. The Labute approximate surface area is 107 Å². The van der Waals surface area contributed by atoms with Crippen LogP contribution >= 0.6 is 0 Å². The summed E-state index contributed by atoms with van der Waals surface area (Å²) < 4.78 is 42.0. The number of hydrogen-bond acceptors (Lipinski definition) is 3. The van der Waals surface area contributed by atoms with Gasteiger partial charge in [-0.2, -0.15) is 13.2 Å². The maximum absolute atomic E-state index is 11.9. The molecule has 0 spiro atoms. The van der Waals surface area contributed by atoms with Crippen molar-refractivity contribution in [3.63, 3.8) is 0 Å². The maximum Gasteiger partial charge on any atom is 0.411 e. The van der Waals surface area contributed by atoms with E-state index in [2.05, 4.69) is 14.9 Å². The third-order valence-electron chi connectivity index (χ3n) is 2.39. The molecule has 1 aromatic heterocycles. The molecule has 0 radical (unpaired) electrons. The number of alkyl halides is 3. The summed E-state index contributed by atoms with van der Waals surface area (Å²) in [7, 11) is 0. The third-order valence-corrected chi connectivity index (χ3v) is 2.39. The van der Waals surface area contributed by atoms with E-state index < -0.39 is 12.8 Å². The number of hydrogen-bond donors (Lipinski definition) is 0. The molecule has 0 saturated carbocycles. The molecule has 7 heteroatoms. The van der Waals surface area contributed by atoms with Gasteiger partial charge in [-0.1, -0.05) is 18.2 Å². The Bertz CT molecular complexity index is 510. The van der Waals surface area contributed by atoms with E-state index in [1.54, 1.807) is 4.57 Å². The zero-order valence-corrected chi connectivity index (χ0v) is 9.97. The van der Waals surface area contributed by atoms with Gasteiger partial charge in [0.25, 0.3) is 0 Å². The first-order valence-corrected chi connectivity index (χ1v) is 5.65. The van der Waals surface area contributed by atoms with Gasteiger partial charge < -0.3 is 4.74 Å². The minimum Gasteiger partial charge on any atom is -0.372 e. The van der Waals surface area contributed by atoms with Crippen LogP contribution in [0.2, 0.25) is 0 Å². The number of halogens is 3. The normalized spacial score (nSPS) is 11.7. The second kappa shape index (κ2) is 5.83. The second-order valence-electron chi connectivity index (χ2n) is 3.87. The summed E-state index contributed by atoms with van der Waals surface area (Å²) in [6.07, 6.45) is -2.51. The van der Waals surface area contributed by atoms with Crippen LogP contribution in [0.25, 0.3) is 5.69 Å². The van der Waals surface area contributed by atoms with Crippen molar-refractivity contribution in [1.82, 2.24) is 14.8 Å². The van der Waals surface area contributed by atoms with Crippen LogP contribution in [0.1, 0.15) is 5.82 Å². The van der Waals surface area contributed by atoms with Crippen molar-refractivity contribution >= 4 is 0 Å². The zero-order valence-electron chi connectivity index (χ0n) is 9.97. The maximum atomic E-state index is 11.9. The fourth-order valence-corrected chi connectivity index (χ4v) is 1.59. The van der Waals surface area contributed by atoms with Crippen molar-refractivity contribution in [3.8, 4) is 5.69 Å². The number of nitrogens with zero attached hydrogens (tertiary/aromatic N) is 3. The fourth-order valence-electron chi connectivity index (χ4n) is 1.59. The van der Waals surface area contributed by atoms with Gasteiger partial charge in [0.2, 0.25) is 0 Å². The molecule has 0 bridgehead atoms. The molecule has 0 fully saturated rings. The monoisotopic (exact) mass is 271 g/mol. The van der Waals surface area contributed by atoms with Gasteiger partial charge >= 0.3 is 6.18 Å². The van der Waals surface area contributed by atoms with Crippen LogP contribution in [0.15, 0.2) is 36.7 Å². The SMILES string of the molecule is FC(F)(F)COCCc1nncn1-c1ccccc1. The molecule has 1 aromatic carbocycles. The highest BCUT2D eigenvalue weighted by molar-refractivity contribution is 5.31. The Hall–Kier alpha value is -1.89. The van der Waals surface area contributed by atoms with Crippen LogP contribution in [0.4, 0.5) is 13.2 Å². The fraction of sp³-hybridized carbons (Fsp3) is 0.333. The molecule has 0 aliphatic heterocycles. The first kappa shape index (κ1) is 13.5. The largest absolute Gasteiger partial charge is 0.411 e. The summed E-state index contributed by atoms with van der Waals surface area (Å²) >= 11 is 0. The van der Waals surface area contributed by atoms with Gasteiger partial charge in [0, 0.05) is 12.1 Å². The van der Waals surface area contributed by atoms with E-state index >= 15 is 0 Å². The van der Waals surface area contributed by atoms with Crippen molar-refractivity contribution < 1.29 is 17.9 Å². The van der Waals surface area contributed by atoms with Gasteiger partial charge in [0.15, 0.2) is 0 Å². The lowest BCUT2D eigenvalue weighted by Crippen LogP contribution is -2.18. The van der Waals surface area contributed by atoms with E-state index in [1.807, 2.05) is 30.3 Å². The first-order valence-electron chi connectivity index (χ1n) is 5.65. The Morgan fingerprint density at radius 2 is 1.89 bits per heavy atom. The van der Waals surface area contributed by atoms with Crippen molar-refractivity contribution in [3.05, 3.63) is 42.5 Å². The smallest absolute Gasteiger partial charge is 0.372 e. The standard InChI is InChI=1S/C12H12F3N3O/c13-12(14,15)8-19-7-6-11-17-16-9-18(11)10-4-2-1-3-5-10/h1-5,9H,6-8H2. The van der Waals surface area contributed by atoms with E-state index in [9.17, 15) is 13.2 Å². The summed E-state index contributed by atoms with van der Waals surface area (Å²) in [6, 6.07) is 9.32. The Kier molecular flexibility index (Phi) is 4.16. The van der Waals surface area contributed by atoms with Crippen LogP contribution in [-0.4, -0.2) is 34.2 Å². The number of aromatic nitrogens is 3. The highest BCUT2D eigenvalue weighted by Gasteiger charge is 2.27. The minimum absolute atomic E-state index is 0.0506. The minimum atomic E-state index is -4.30. The molecular weight excluding hydrogens is 259 g/mol. The van der Waals surface area contributed by atoms with Gasteiger partial charge in [-0.05, 0) is 12.1 Å². The quantitative estimate of drug-likeness (QED) is 0.784. The van der Waals surface area contributed by atoms with E-state index in [0.29, 0.717) is 5.82 Å². The molecule has 0 N–H and O–H groups in total. The summed E-state index contributed by atoms with van der Waals surface area (Å²) in [5.41, 5.74) is 0.860. The summed E-state index contributed by atoms with van der Waals surface area (Å²) in [5, 5.41) is 7.64. The van der Waals surface area contributed by atoms with Crippen molar-refractivity contribution in [2.75, 3.05) is 13.2 Å². The van der Waals surface area contributed by atoms with Crippen LogP contribution < -0.4 is 0 Å². The van der Waals surface area contributed by atoms with Gasteiger partial charge in [-0.3, -0.25) is 4.57 Å². The van der Waals surface area contributed by atoms with E-state index in [4.69, 9.17) is 0 Å². The Balaban J connectivity index is 1.94. The molecule has 0 aliphatic carbocycles. The van der Waals surface area contributed by atoms with Gasteiger partial charge in [-0.15, -0.1) is 10.2 Å². The molecule has 2 aromatic rings. The molecular formula is C12H12F3N3O. The average molecular weight is 271 g/mol. The average Bonchev–Trinajstić information content (AvgIpc) is 2.83. The summed E-state index contributed by atoms with van der Waals surface area (Å²) in [4.78, 5) is 0. The van der Waals surface area contributed by atoms with E-state index in [-0.39, 0.29) is 13.0 Å². The lowest BCUT2D eigenvalue weighted by molar-refractivity contribution is -0.173. The predicted molar refractivity (Wildman–Crippen MR) is 61.9 cm³/mol. The Morgan fingerprint density at radius 1 is 1.16 bits per heavy atom. The zero-order chi connectivity index (χ0) is 13.7. The molecule has 0 saturated heterocycles. The number of ether oxygens (including phenoxy) is 1. The lowest BCUT2D eigenvalue weighted by Gasteiger charge is -2.08. The summed E-state index contributed by atoms with van der Waals surface area (Å²) in [6.45, 7) is -1.29. The van der Waals surface area contributed by atoms with E-state index in [0.717, 1.165) is 5.69 Å². The molecule has 4 nitrogen and oxygen atoms in total. The molecule has 0 amide bonds. The first-order chi connectivity index (χ1) is 9.06. The molecule has 1 heterocycles. The van der Waals surface area contributed by atoms with Crippen molar-refractivity contribution in [2.24, 2.45) is 0 Å². The Morgan fingerprint density at radius 3 is 2.58 bits per heavy atom. The number of rotatable bonds is 5. The summed E-state index contributed by atoms with van der Waals surface area (Å²) in [5.74, 6) is 0.563.